The summed E-state index contributed by atoms with van der Waals surface area (Å²) < 4.78 is 0. The van der Waals surface area contributed by atoms with Gasteiger partial charge in [0.2, 0.25) is 0 Å². The van der Waals surface area contributed by atoms with Crippen LogP contribution in [0, 0.1) is 5.92 Å². The standard InChI is InChI=1S/C14H26N2/c1-12(2)7-9-16(14-5-6-14)11-13-4-3-8-15-10-13/h13-15H,1,3-11H2,2H3. The Bertz CT molecular complexity index is 227. The van der Waals surface area contributed by atoms with Crippen LogP contribution in [-0.4, -0.2) is 37.1 Å². The Morgan fingerprint density at radius 1 is 1.38 bits per heavy atom. The van der Waals surface area contributed by atoms with Crippen LogP contribution >= 0.6 is 0 Å². The predicted molar refractivity (Wildman–Crippen MR) is 69.6 cm³/mol. The van der Waals surface area contributed by atoms with E-state index in [2.05, 4.69) is 23.7 Å². The summed E-state index contributed by atoms with van der Waals surface area (Å²) in [5.74, 6) is 0.888. The molecule has 1 aliphatic heterocycles. The number of piperidine rings is 1. The Morgan fingerprint density at radius 2 is 2.19 bits per heavy atom. The van der Waals surface area contributed by atoms with Gasteiger partial charge in [0.05, 0.1) is 0 Å². The minimum absolute atomic E-state index is 0.888. The van der Waals surface area contributed by atoms with Gasteiger partial charge >= 0.3 is 0 Å². The SMILES string of the molecule is C=C(C)CCN(CC1CCCNC1)C1CC1. The van der Waals surface area contributed by atoms with Crippen molar-refractivity contribution in [2.75, 3.05) is 26.2 Å². The summed E-state index contributed by atoms with van der Waals surface area (Å²) in [4.78, 5) is 2.71. The second-order valence-electron chi connectivity index (χ2n) is 5.65. The lowest BCUT2D eigenvalue weighted by molar-refractivity contribution is 0.202. The van der Waals surface area contributed by atoms with Crippen molar-refractivity contribution in [2.24, 2.45) is 5.92 Å². The third kappa shape index (κ3) is 3.91. The highest BCUT2D eigenvalue weighted by atomic mass is 15.2. The van der Waals surface area contributed by atoms with E-state index in [1.165, 1.54) is 63.9 Å². The molecule has 1 saturated carbocycles. The van der Waals surface area contributed by atoms with Gasteiger partial charge in [0.1, 0.15) is 0 Å². The number of hydrogen-bond donors (Lipinski definition) is 1. The topological polar surface area (TPSA) is 15.3 Å². The Morgan fingerprint density at radius 3 is 2.75 bits per heavy atom. The molecule has 1 aliphatic carbocycles. The molecule has 1 heterocycles. The van der Waals surface area contributed by atoms with Crippen molar-refractivity contribution in [3.05, 3.63) is 12.2 Å². The molecule has 2 fully saturated rings. The van der Waals surface area contributed by atoms with E-state index in [4.69, 9.17) is 0 Å². The van der Waals surface area contributed by atoms with Crippen LogP contribution in [0.5, 0.6) is 0 Å². The van der Waals surface area contributed by atoms with Crippen molar-refractivity contribution in [1.82, 2.24) is 10.2 Å². The largest absolute Gasteiger partial charge is 0.316 e. The Kier molecular flexibility index (Phi) is 4.42. The summed E-state index contributed by atoms with van der Waals surface area (Å²) in [6.07, 6.45) is 6.82. The zero-order valence-electron chi connectivity index (χ0n) is 10.7. The molecular formula is C14H26N2. The highest BCUT2D eigenvalue weighted by molar-refractivity contribution is 4.92. The van der Waals surface area contributed by atoms with E-state index in [1.54, 1.807) is 0 Å². The van der Waals surface area contributed by atoms with Gasteiger partial charge in [-0.05, 0) is 58.0 Å². The van der Waals surface area contributed by atoms with E-state index in [0.717, 1.165) is 12.0 Å². The van der Waals surface area contributed by atoms with Crippen molar-refractivity contribution in [2.45, 2.75) is 45.1 Å². The minimum Gasteiger partial charge on any atom is -0.316 e. The van der Waals surface area contributed by atoms with Crippen molar-refractivity contribution in [1.29, 1.82) is 0 Å². The van der Waals surface area contributed by atoms with Gasteiger partial charge in [0, 0.05) is 19.1 Å². The van der Waals surface area contributed by atoms with E-state index in [0.29, 0.717) is 0 Å². The first-order chi connectivity index (χ1) is 7.75. The van der Waals surface area contributed by atoms with E-state index >= 15 is 0 Å². The quantitative estimate of drug-likeness (QED) is 0.694. The number of nitrogens with one attached hydrogen (secondary N) is 1. The summed E-state index contributed by atoms with van der Waals surface area (Å²) >= 11 is 0. The first-order valence-electron chi connectivity index (χ1n) is 6.85. The molecule has 0 spiro atoms. The molecular weight excluding hydrogens is 196 g/mol. The van der Waals surface area contributed by atoms with Gasteiger partial charge in [0.25, 0.3) is 0 Å². The maximum Gasteiger partial charge on any atom is 0.00966 e. The Hall–Kier alpha value is -0.340. The molecule has 0 aromatic rings. The van der Waals surface area contributed by atoms with Crippen molar-refractivity contribution in [3.63, 3.8) is 0 Å². The van der Waals surface area contributed by atoms with Gasteiger partial charge in [-0.25, -0.2) is 0 Å². The molecule has 0 radical (unpaired) electrons. The van der Waals surface area contributed by atoms with Crippen LogP contribution in [0.1, 0.15) is 39.0 Å². The Balaban J connectivity index is 1.75. The van der Waals surface area contributed by atoms with Gasteiger partial charge in [-0.1, -0.05) is 5.57 Å². The predicted octanol–water partition coefficient (Wildman–Crippen LogP) is 2.42. The first-order valence-corrected chi connectivity index (χ1v) is 6.85. The molecule has 1 N–H and O–H groups in total. The van der Waals surface area contributed by atoms with Crippen molar-refractivity contribution in [3.8, 4) is 0 Å². The molecule has 92 valence electrons. The molecule has 0 bridgehead atoms. The maximum atomic E-state index is 4.01. The van der Waals surface area contributed by atoms with E-state index in [9.17, 15) is 0 Å². The lowest BCUT2D eigenvalue weighted by Crippen LogP contribution is -2.39. The third-order valence-electron chi connectivity index (χ3n) is 3.78. The molecule has 1 unspecified atom stereocenters. The third-order valence-corrected chi connectivity index (χ3v) is 3.78. The van der Waals surface area contributed by atoms with Crippen LogP contribution in [0.3, 0.4) is 0 Å². The minimum atomic E-state index is 0.888. The van der Waals surface area contributed by atoms with Crippen LogP contribution in [0.25, 0.3) is 0 Å². The molecule has 2 heteroatoms. The monoisotopic (exact) mass is 222 g/mol. The van der Waals surface area contributed by atoms with Gasteiger partial charge < -0.3 is 5.32 Å². The number of hydrogen-bond acceptors (Lipinski definition) is 2. The van der Waals surface area contributed by atoms with Gasteiger partial charge in [-0.15, -0.1) is 6.58 Å². The second kappa shape index (κ2) is 5.83. The summed E-state index contributed by atoms with van der Waals surface area (Å²) in [6, 6.07) is 0.904. The van der Waals surface area contributed by atoms with Crippen LogP contribution < -0.4 is 5.32 Å². The fraction of sp³-hybridized carbons (Fsp3) is 0.857. The fourth-order valence-corrected chi connectivity index (χ4v) is 2.61. The zero-order chi connectivity index (χ0) is 11.4. The molecule has 1 saturated heterocycles. The van der Waals surface area contributed by atoms with Crippen molar-refractivity contribution < 1.29 is 0 Å². The molecule has 0 aromatic carbocycles. The number of nitrogens with zero attached hydrogens (tertiary/aromatic N) is 1. The molecule has 0 aromatic heterocycles. The lowest BCUT2D eigenvalue weighted by atomic mass is 9.99. The Labute approximate surface area is 100 Å². The smallest absolute Gasteiger partial charge is 0.00966 e. The van der Waals surface area contributed by atoms with Crippen LogP contribution in [0.4, 0.5) is 0 Å². The second-order valence-corrected chi connectivity index (χ2v) is 5.65. The number of rotatable bonds is 6. The fourth-order valence-electron chi connectivity index (χ4n) is 2.61. The average molecular weight is 222 g/mol. The van der Waals surface area contributed by atoms with Crippen LogP contribution in [0.2, 0.25) is 0 Å². The lowest BCUT2D eigenvalue weighted by Gasteiger charge is -2.30. The molecule has 0 amide bonds. The summed E-state index contributed by atoms with van der Waals surface area (Å²) in [7, 11) is 0. The molecule has 2 rings (SSSR count). The van der Waals surface area contributed by atoms with Crippen molar-refractivity contribution >= 4 is 0 Å². The van der Waals surface area contributed by atoms with Crippen LogP contribution in [-0.2, 0) is 0 Å². The summed E-state index contributed by atoms with van der Waals surface area (Å²) in [5.41, 5.74) is 1.33. The normalized spacial score (nSPS) is 26.0. The summed E-state index contributed by atoms with van der Waals surface area (Å²) in [5, 5.41) is 3.52. The first kappa shape index (κ1) is 12.1. The molecule has 2 aliphatic rings. The van der Waals surface area contributed by atoms with E-state index in [1.807, 2.05) is 0 Å². The zero-order valence-corrected chi connectivity index (χ0v) is 10.7. The molecule has 1 atom stereocenters. The molecule has 2 nitrogen and oxygen atoms in total. The van der Waals surface area contributed by atoms with Gasteiger partial charge in [-0.3, -0.25) is 4.90 Å². The van der Waals surface area contributed by atoms with E-state index < -0.39 is 0 Å². The molecule has 16 heavy (non-hydrogen) atoms. The highest BCUT2D eigenvalue weighted by Crippen LogP contribution is 2.28. The average Bonchev–Trinajstić information content (AvgIpc) is 3.09. The summed E-state index contributed by atoms with van der Waals surface area (Å²) in [6.45, 7) is 11.2. The van der Waals surface area contributed by atoms with E-state index in [-0.39, 0.29) is 0 Å². The highest BCUT2D eigenvalue weighted by Gasteiger charge is 2.30. The van der Waals surface area contributed by atoms with Gasteiger partial charge in [0.15, 0.2) is 0 Å². The maximum absolute atomic E-state index is 4.01. The van der Waals surface area contributed by atoms with Gasteiger partial charge in [-0.2, -0.15) is 0 Å². The van der Waals surface area contributed by atoms with Crippen LogP contribution in [0.15, 0.2) is 12.2 Å².